The fourth-order valence-electron chi connectivity index (χ4n) is 4.06. The van der Waals surface area contributed by atoms with Gasteiger partial charge in [0.1, 0.15) is 0 Å². The Morgan fingerprint density at radius 3 is 2.36 bits per heavy atom. The zero-order chi connectivity index (χ0) is 17.1. The van der Waals surface area contributed by atoms with Crippen LogP contribution in [0.2, 0.25) is 0 Å². The fraction of sp³-hybridized carbons (Fsp3) is 0.500. The maximum Gasteiger partial charge on any atom is 0.159 e. The fourth-order valence-corrected chi connectivity index (χ4v) is 4.06. The topological polar surface area (TPSA) is 70.1 Å². The highest BCUT2D eigenvalue weighted by molar-refractivity contribution is 5.55. The molecule has 1 aromatic heterocycles. The van der Waals surface area contributed by atoms with E-state index >= 15 is 0 Å². The van der Waals surface area contributed by atoms with Crippen LogP contribution < -0.4 is 10.6 Å². The van der Waals surface area contributed by atoms with E-state index in [4.69, 9.17) is 0 Å². The number of hydrogen-bond donors (Lipinski definition) is 3. The van der Waals surface area contributed by atoms with E-state index in [9.17, 15) is 5.11 Å². The van der Waals surface area contributed by atoms with Gasteiger partial charge in [-0.25, -0.2) is 9.97 Å². The Hall–Kier alpha value is -1.82. The molecule has 0 unspecified atom stereocenters. The van der Waals surface area contributed by atoms with Crippen LogP contribution in [-0.2, 0) is 5.60 Å². The molecule has 2 aromatic rings. The lowest BCUT2D eigenvalue weighted by atomic mass is 9.77. The van der Waals surface area contributed by atoms with Crippen molar-refractivity contribution in [2.45, 2.75) is 49.8 Å². The van der Waals surface area contributed by atoms with E-state index in [-0.39, 0.29) is 0 Å². The predicted octanol–water partition coefficient (Wildman–Crippen LogP) is 2.23. The first-order valence-corrected chi connectivity index (χ1v) is 9.30. The third-order valence-electron chi connectivity index (χ3n) is 5.59. The normalized spacial score (nSPS) is 29.6. The van der Waals surface area contributed by atoms with Crippen LogP contribution in [0.4, 0.5) is 0 Å². The summed E-state index contributed by atoms with van der Waals surface area (Å²) in [4.78, 5) is 8.56. The average molecular weight is 338 g/mol. The summed E-state index contributed by atoms with van der Waals surface area (Å²) in [6, 6.07) is 11.0. The van der Waals surface area contributed by atoms with Crippen molar-refractivity contribution in [1.29, 1.82) is 0 Å². The molecule has 3 N–H and O–H groups in total. The Morgan fingerprint density at radius 2 is 1.72 bits per heavy atom. The highest BCUT2D eigenvalue weighted by Gasteiger charge is 2.35. The van der Waals surface area contributed by atoms with E-state index in [0.29, 0.717) is 12.1 Å². The molecule has 1 aromatic carbocycles. The molecule has 1 aliphatic heterocycles. The Bertz CT molecular complexity index is 675. The molecule has 2 heterocycles. The maximum atomic E-state index is 11.1. The van der Waals surface area contributed by atoms with E-state index in [1.165, 1.54) is 6.42 Å². The van der Waals surface area contributed by atoms with Gasteiger partial charge in [0, 0.05) is 36.6 Å². The maximum absolute atomic E-state index is 11.1. The molecule has 0 spiro atoms. The van der Waals surface area contributed by atoms with Crippen molar-refractivity contribution in [1.82, 2.24) is 20.6 Å². The smallest absolute Gasteiger partial charge is 0.159 e. The zero-order valence-corrected chi connectivity index (χ0v) is 14.5. The van der Waals surface area contributed by atoms with Gasteiger partial charge in [-0.05, 0) is 50.3 Å². The van der Waals surface area contributed by atoms with Crippen LogP contribution in [0.25, 0.3) is 11.4 Å². The SMILES string of the molecule is OC1(c2ccc(-c3ncccn3)cc2)CCC(N[C@H]2CCNC2)CC1. The number of nitrogens with zero attached hydrogens (tertiary/aromatic N) is 2. The summed E-state index contributed by atoms with van der Waals surface area (Å²) in [5.41, 5.74) is 1.28. The largest absolute Gasteiger partial charge is 0.385 e. The van der Waals surface area contributed by atoms with Gasteiger partial charge in [0.25, 0.3) is 0 Å². The van der Waals surface area contributed by atoms with Gasteiger partial charge in [-0.15, -0.1) is 0 Å². The number of aliphatic hydroxyl groups is 1. The summed E-state index contributed by atoms with van der Waals surface area (Å²) in [5, 5.41) is 18.3. The lowest BCUT2D eigenvalue weighted by Crippen LogP contribution is -2.44. The van der Waals surface area contributed by atoms with E-state index in [2.05, 4.69) is 20.6 Å². The van der Waals surface area contributed by atoms with Crippen molar-refractivity contribution in [2.75, 3.05) is 13.1 Å². The second kappa shape index (κ2) is 7.20. The van der Waals surface area contributed by atoms with Gasteiger partial charge in [0.05, 0.1) is 5.60 Å². The van der Waals surface area contributed by atoms with Crippen LogP contribution in [0.5, 0.6) is 0 Å². The van der Waals surface area contributed by atoms with E-state index in [1.54, 1.807) is 12.4 Å². The molecule has 1 atom stereocenters. The second-order valence-electron chi connectivity index (χ2n) is 7.31. The monoisotopic (exact) mass is 338 g/mol. The number of rotatable bonds is 4. The molecule has 0 radical (unpaired) electrons. The van der Waals surface area contributed by atoms with Gasteiger partial charge in [0.15, 0.2) is 5.82 Å². The van der Waals surface area contributed by atoms with Crippen LogP contribution in [-0.4, -0.2) is 40.2 Å². The summed E-state index contributed by atoms with van der Waals surface area (Å²) < 4.78 is 0. The van der Waals surface area contributed by atoms with E-state index < -0.39 is 5.60 Å². The summed E-state index contributed by atoms with van der Waals surface area (Å²) in [6.07, 6.45) is 8.38. The van der Waals surface area contributed by atoms with Gasteiger partial charge in [0.2, 0.25) is 0 Å². The first-order valence-electron chi connectivity index (χ1n) is 9.30. The van der Waals surface area contributed by atoms with Crippen LogP contribution >= 0.6 is 0 Å². The Morgan fingerprint density at radius 1 is 1.00 bits per heavy atom. The van der Waals surface area contributed by atoms with Crippen molar-refractivity contribution in [2.24, 2.45) is 0 Å². The lowest BCUT2D eigenvalue weighted by molar-refractivity contribution is -0.00916. The molecule has 2 aliphatic rings. The van der Waals surface area contributed by atoms with Crippen LogP contribution in [0.1, 0.15) is 37.7 Å². The molecule has 0 bridgehead atoms. The molecule has 0 amide bonds. The third-order valence-corrected chi connectivity index (χ3v) is 5.59. The lowest BCUT2D eigenvalue weighted by Gasteiger charge is -2.37. The van der Waals surface area contributed by atoms with Gasteiger partial charge in [-0.3, -0.25) is 0 Å². The Balaban J connectivity index is 1.39. The Labute approximate surface area is 148 Å². The van der Waals surface area contributed by atoms with E-state index in [0.717, 1.165) is 55.7 Å². The summed E-state index contributed by atoms with van der Waals surface area (Å²) in [6.45, 7) is 2.19. The molecule has 132 valence electrons. The number of hydrogen-bond acceptors (Lipinski definition) is 5. The second-order valence-corrected chi connectivity index (χ2v) is 7.31. The van der Waals surface area contributed by atoms with E-state index in [1.807, 2.05) is 30.3 Å². The summed E-state index contributed by atoms with van der Waals surface area (Å²) in [7, 11) is 0. The highest BCUT2D eigenvalue weighted by atomic mass is 16.3. The molecule has 2 fully saturated rings. The highest BCUT2D eigenvalue weighted by Crippen LogP contribution is 2.37. The molecule has 1 saturated heterocycles. The van der Waals surface area contributed by atoms with Crippen LogP contribution in [0, 0.1) is 0 Å². The quantitative estimate of drug-likeness (QED) is 0.797. The van der Waals surface area contributed by atoms with Gasteiger partial charge < -0.3 is 15.7 Å². The molecule has 5 heteroatoms. The minimum absolute atomic E-state index is 0.530. The minimum Gasteiger partial charge on any atom is -0.385 e. The van der Waals surface area contributed by atoms with Crippen molar-refractivity contribution in [3.63, 3.8) is 0 Å². The molecule has 25 heavy (non-hydrogen) atoms. The molecular weight excluding hydrogens is 312 g/mol. The predicted molar refractivity (Wildman–Crippen MR) is 98.0 cm³/mol. The third kappa shape index (κ3) is 3.73. The molecular formula is C20H26N4O. The first kappa shape index (κ1) is 16.6. The van der Waals surface area contributed by atoms with Crippen molar-refractivity contribution in [3.05, 3.63) is 48.3 Å². The van der Waals surface area contributed by atoms with Gasteiger partial charge in [-0.2, -0.15) is 0 Å². The Kier molecular flexibility index (Phi) is 4.79. The molecule has 1 saturated carbocycles. The van der Waals surface area contributed by atoms with Crippen LogP contribution in [0.15, 0.2) is 42.7 Å². The van der Waals surface area contributed by atoms with Crippen molar-refractivity contribution in [3.8, 4) is 11.4 Å². The van der Waals surface area contributed by atoms with Gasteiger partial charge in [-0.1, -0.05) is 24.3 Å². The van der Waals surface area contributed by atoms with Crippen molar-refractivity contribution >= 4 is 0 Å². The van der Waals surface area contributed by atoms with Crippen LogP contribution in [0.3, 0.4) is 0 Å². The standard InChI is InChI=1S/C20H26N4O/c25-20(9-6-17(7-10-20)24-18-8-13-21-14-18)16-4-2-15(3-5-16)19-22-11-1-12-23-19/h1-5,11-12,17-18,21,24-25H,6-10,13-14H2/t17?,18-,20?/m0/s1. The number of benzene rings is 1. The van der Waals surface area contributed by atoms with Crippen molar-refractivity contribution < 1.29 is 5.11 Å². The zero-order valence-electron chi connectivity index (χ0n) is 14.5. The molecule has 5 nitrogen and oxygen atoms in total. The molecule has 4 rings (SSSR count). The summed E-state index contributed by atoms with van der Waals surface area (Å²) in [5.74, 6) is 0.721. The van der Waals surface area contributed by atoms with Gasteiger partial charge >= 0.3 is 0 Å². The number of aromatic nitrogens is 2. The first-order chi connectivity index (χ1) is 12.2. The average Bonchev–Trinajstić information content (AvgIpc) is 3.18. The number of nitrogens with one attached hydrogen (secondary N) is 2. The minimum atomic E-state index is -0.706. The summed E-state index contributed by atoms with van der Waals surface area (Å²) >= 11 is 0. The molecule has 1 aliphatic carbocycles.